The number of halogens is 1. The van der Waals surface area contributed by atoms with Gasteiger partial charge in [0.15, 0.2) is 0 Å². The van der Waals surface area contributed by atoms with Gasteiger partial charge >= 0.3 is 0 Å². The maximum absolute atomic E-state index is 13.3. The molecule has 0 saturated carbocycles. The average molecular weight is 268 g/mol. The molecule has 3 nitrogen and oxygen atoms in total. The third-order valence-corrected chi connectivity index (χ3v) is 3.50. The van der Waals surface area contributed by atoms with E-state index in [1.165, 1.54) is 12.1 Å². The predicted molar refractivity (Wildman–Crippen MR) is 74.5 cm³/mol. The lowest BCUT2D eigenvalue weighted by Gasteiger charge is -2.34. The van der Waals surface area contributed by atoms with Crippen molar-refractivity contribution < 1.29 is 9.13 Å². The molecule has 1 saturated heterocycles. The average Bonchev–Trinajstić information content (AvgIpc) is 2.38. The van der Waals surface area contributed by atoms with Gasteiger partial charge in [-0.1, -0.05) is 12.2 Å². The molecule has 1 heterocycles. The van der Waals surface area contributed by atoms with Crippen molar-refractivity contribution in [2.75, 3.05) is 25.1 Å². The van der Waals surface area contributed by atoms with Crippen LogP contribution in [0.25, 0.3) is 0 Å². The van der Waals surface area contributed by atoms with E-state index >= 15 is 0 Å². The topological polar surface area (TPSA) is 38.5 Å². The van der Waals surface area contributed by atoms with Gasteiger partial charge in [-0.15, -0.1) is 0 Å². The second-order valence-corrected chi connectivity index (χ2v) is 4.91. The molecule has 5 heteroatoms. The summed E-state index contributed by atoms with van der Waals surface area (Å²) in [6.07, 6.45) is 2.31. The van der Waals surface area contributed by atoms with Gasteiger partial charge in [0.25, 0.3) is 0 Å². The first kappa shape index (κ1) is 13.2. The molecule has 1 aromatic rings. The van der Waals surface area contributed by atoms with Crippen LogP contribution in [0.1, 0.15) is 18.4 Å². The van der Waals surface area contributed by atoms with Crippen molar-refractivity contribution in [3.05, 3.63) is 29.6 Å². The smallest absolute Gasteiger partial charge is 0.124 e. The molecule has 1 atom stereocenters. The molecular formula is C13H17FN2OS. The molecule has 0 aliphatic carbocycles. The molecule has 0 amide bonds. The molecule has 18 heavy (non-hydrogen) atoms. The number of hydrogen-bond acceptors (Lipinski definition) is 3. The summed E-state index contributed by atoms with van der Waals surface area (Å²) in [5, 5.41) is 0. The van der Waals surface area contributed by atoms with E-state index in [2.05, 4.69) is 4.90 Å². The van der Waals surface area contributed by atoms with E-state index < -0.39 is 0 Å². The third-order valence-electron chi connectivity index (χ3n) is 3.28. The highest BCUT2D eigenvalue weighted by atomic mass is 32.1. The number of methoxy groups -OCH3 is 1. The Hall–Kier alpha value is -1.20. The van der Waals surface area contributed by atoms with Gasteiger partial charge in [-0.3, -0.25) is 0 Å². The number of thiocarbonyl (C=S) groups is 1. The van der Waals surface area contributed by atoms with Crippen LogP contribution in [-0.2, 0) is 4.74 Å². The SMILES string of the molecule is COC1CCCN(c2ccc(F)cc2C(N)=S)C1. The molecule has 2 N–H and O–H groups in total. The summed E-state index contributed by atoms with van der Waals surface area (Å²) >= 11 is 4.99. The van der Waals surface area contributed by atoms with E-state index in [0.29, 0.717) is 5.56 Å². The van der Waals surface area contributed by atoms with Gasteiger partial charge in [0.1, 0.15) is 10.8 Å². The van der Waals surface area contributed by atoms with Crippen LogP contribution in [0.15, 0.2) is 18.2 Å². The Labute approximate surface area is 112 Å². The van der Waals surface area contributed by atoms with Crippen molar-refractivity contribution in [3.8, 4) is 0 Å². The van der Waals surface area contributed by atoms with Gasteiger partial charge in [0, 0.05) is 31.5 Å². The van der Waals surface area contributed by atoms with E-state index in [4.69, 9.17) is 22.7 Å². The Morgan fingerprint density at radius 2 is 2.33 bits per heavy atom. The Balaban J connectivity index is 2.29. The Morgan fingerprint density at radius 1 is 1.56 bits per heavy atom. The van der Waals surface area contributed by atoms with Crippen molar-refractivity contribution in [3.63, 3.8) is 0 Å². The number of nitrogens with two attached hydrogens (primary N) is 1. The molecule has 0 radical (unpaired) electrons. The van der Waals surface area contributed by atoms with Crippen molar-refractivity contribution in [1.82, 2.24) is 0 Å². The highest BCUT2D eigenvalue weighted by molar-refractivity contribution is 7.80. The zero-order valence-corrected chi connectivity index (χ0v) is 11.2. The zero-order chi connectivity index (χ0) is 13.1. The van der Waals surface area contributed by atoms with Crippen molar-refractivity contribution in [2.24, 2.45) is 5.73 Å². The van der Waals surface area contributed by atoms with Crippen LogP contribution < -0.4 is 10.6 Å². The number of anilines is 1. The lowest BCUT2D eigenvalue weighted by Crippen LogP contribution is -2.40. The number of ether oxygens (including phenoxy) is 1. The molecule has 1 fully saturated rings. The summed E-state index contributed by atoms with van der Waals surface area (Å²) in [6.45, 7) is 1.71. The standard InChI is InChI=1S/C13H17FN2OS/c1-17-10-3-2-6-16(8-10)12-5-4-9(14)7-11(12)13(15)18/h4-5,7,10H,2-3,6,8H2,1H3,(H2,15,18). The molecule has 98 valence electrons. The Kier molecular flexibility index (Phi) is 4.14. The van der Waals surface area contributed by atoms with Crippen LogP contribution in [0.5, 0.6) is 0 Å². The van der Waals surface area contributed by atoms with E-state index in [1.54, 1.807) is 13.2 Å². The van der Waals surface area contributed by atoms with Crippen LogP contribution in [0, 0.1) is 5.82 Å². The van der Waals surface area contributed by atoms with Gasteiger partial charge in [0.05, 0.1) is 6.10 Å². The van der Waals surface area contributed by atoms with Crippen molar-refractivity contribution in [1.29, 1.82) is 0 Å². The minimum absolute atomic E-state index is 0.211. The van der Waals surface area contributed by atoms with Crippen LogP contribution in [0.2, 0.25) is 0 Å². The van der Waals surface area contributed by atoms with Crippen LogP contribution in [0.4, 0.5) is 10.1 Å². The fraction of sp³-hybridized carbons (Fsp3) is 0.462. The monoisotopic (exact) mass is 268 g/mol. The summed E-state index contributed by atoms with van der Waals surface area (Å²) in [7, 11) is 1.72. The third kappa shape index (κ3) is 2.79. The Morgan fingerprint density at radius 3 is 3.00 bits per heavy atom. The van der Waals surface area contributed by atoms with Gasteiger partial charge < -0.3 is 15.4 Å². The fourth-order valence-corrected chi connectivity index (χ4v) is 2.49. The predicted octanol–water partition coefficient (Wildman–Crippen LogP) is 2.08. The molecule has 0 spiro atoms. The van der Waals surface area contributed by atoms with Crippen molar-refractivity contribution >= 4 is 22.9 Å². The molecule has 2 rings (SSSR count). The van der Waals surface area contributed by atoms with Gasteiger partial charge in [0.2, 0.25) is 0 Å². The first-order chi connectivity index (χ1) is 8.61. The van der Waals surface area contributed by atoms with Gasteiger partial charge in [-0.05, 0) is 31.0 Å². The van der Waals surface area contributed by atoms with Crippen LogP contribution in [0.3, 0.4) is 0 Å². The molecular weight excluding hydrogens is 251 g/mol. The van der Waals surface area contributed by atoms with Crippen LogP contribution >= 0.6 is 12.2 Å². The molecule has 0 bridgehead atoms. The molecule has 1 unspecified atom stereocenters. The summed E-state index contributed by atoms with van der Waals surface area (Å²) < 4.78 is 18.6. The second kappa shape index (κ2) is 5.63. The summed E-state index contributed by atoms with van der Waals surface area (Å²) in [4.78, 5) is 2.38. The minimum atomic E-state index is -0.318. The number of piperidine rings is 1. The van der Waals surface area contributed by atoms with Gasteiger partial charge in [-0.2, -0.15) is 0 Å². The fourth-order valence-electron chi connectivity index (χ4n) is 2.33. The number of benzene rings is 1. The molecule has 1 aromatic carbocycles. The maximum atomic E-state index is 13.3. The summed E-state index contributed by atoms with van der Waals surface area (Å²) in [5.41, 5.74) is 7.16. The first-order valence-electron chi connectivity index (χ1n) is 5.99. The first-order valence-corrected chi connectivity index (χ1v) is 6.39. The van der Waals surface area contributed by atoms with Crippen molar-refractivity contribution in [2.45, 2.75) is 18.9 Å². The van der Waals surface area contributed by atoms with E-state index in [-0.39, 0.29) is 16.9 Å². The number of nitrogens with zero attached hydrogens (tertiary/aromatic N) is 1. The lowest BCUT2D eigenvalue weighted by atomic mass is 10.0. The quantitative estimate of drug-likeness (QED) is 0.852. The normalized spacial score (nSPS) is 19.9. The van der Waals surface area contributed by atoms with E-state index in [1.807, 2.05) is 0 Å². The highest BCUT2D eigenvalue weighted by Crippen LogP contribution is 2.25. The second-order valence-electron chi connectivity index (χ2n) is 4.47. The number of hydrogen-bond donors (Lipinski definition) is 1. The summed E-state index contributed by atoms with van der Waals surface area (Å²) in [6, 6.07) is 4.57. The molecule has 0 aromatic heterocycles. The Bertz CT molecular complexity index is 453. The number of rotatable bonds is 3. The summed E-state index contributed by atoms with van der Waals surface area (Å²) in [5.74, 6) is -0.318. The van der Waals surface area contributed by atoms with Crippen LogP contribution in [-0.4, -0.2) is 31.3 Å². The highest BCUT2D eigenvalue weighted by Gasteiger charge is 2.22. The molecule has 1 aliphatic rings. The largest absolute Gasteiger partial charge is 0.389 e. The zero-order valence-electron chi connectivity index (χ0n) is 10.4. The maximum Gasteiger partial charge on any atom is 0.124 e. The molecule has 1 aliphatic heterocycles. The van der Waals surface area contributed by atoms with Gasteiger partial charge in [-0.25, -0.2) is 4.39 Å². The van der Waals surface area contributed by atoms with E-state index in [9.17, 15) is 4.39 Å². The lowest BCUT2D eigenvalue weighted by molar-refractivity contribution is 0.0893. The van der Waals surface area contributed by atoms with E-state index in [0.717, 1.165) is 31.6 Å². The minimum Gasteiger partial charge on any atom is -0.389 e.